The Kier molecular flexibility index (Phi) is 5.41. The Labute approximate surface area is 51.7 Å². The molecule has 0 unspecified atom stereocenters. The van der Waals surface area contributed by atoms with Gasteiger partial charge in [-0.15, -0.1) is 11.3 Å². The Morgan fingerprint density at radius 3 is 2.50 bits per heavy atom. The molecule has 1 aromatic rings. The minimum absolute atomic E-state index is 0.750. The van der Waals surface area contributed by atoms with Gasteiger partial charge >= 0.3 is 0 Å². The molecule has 3 N–H and O–H groups in total. The zero-order chi connectivity index (χ0) is 6.24. The van der Waals surface area contributed by atoms with Crippen LogP contribution < -0.4 is 5.73 Å². The summed E-state index contributed by atoms with van der Waals surface area (Å²) in [5, 5.41) is 7.79. The molecule has 0 aliphatic rings. The molecule has 0 atom stereocenters. The van der Waals surface area contributed by atoms with Crippen molar-refractivity contribution in [3.8, 4) is 0 Å². The van der Waals surface area contributed by atoms with Crippen LogP contribution in [-0.4, -0.2) is 11.3 Å². The molecular weight excluding hydrogens is 122 g/mol. The standard InChI is InChI=1S/C3H3NS.CH4N2/c1-2-5-3-4-1;2-1-3/h1-3H;1H,(H3,2,3). The number of nitrogens with two attached hydrogens (primary N) is 1. The number of hydrogen-bond acceptors (Lipinski definition) is 3. The van der Waals surface area contributed by atoms with E-state index in [1.165, 1.54) is 0 Å². The van der Waals surface area contributed by atoms with E-state index < -0.39 is 0 Å². The van der Waals surface area contributed by atoms with Crippen molar-refractivity contribution < 1.29 is 0 Å². The lowest BCUT2D eigenvalue weighted by molar-refractivity contribution is 1.43. The quantitative estimate of drug-likeness (QED) is 0.400. The second-order valence-corrected chi connectivity index (χ2v) is 1.60. The second-order valence-electron chi connectivity index (χ2n) is 0.842. The Morgan fingerprint density at radius 2 is 2.38 bits per heavy atom. The number of nitrogens with one attached hydrogen (secondary N) is 1. The molecule has 0 spiro atoms. The fourth-order valence-corrected chi connectivity index (χ4v) is 0.527. The molecular formula is C4H7N3S. The number of nitrogens with zero attached hydrogens (tertiary/aromatic N) is 1. The van der Waals surface area contributed by atoms with E-state index in [0.29, 0.717) is 0 Å². The van der Waals surface area contributed by atoms with Crippen molar-refractivity contribution in [1.82, 2.24) is 4.98 Å². The number of aromatic nitrogens is 1. The normalized spacial score (nSPS) is 6.50. The molecule has 1 rings (SSSR count). The summed E-state index contributed by atoms with van der Waals surface area (Å²) in [6, 6.07) is 0. The first-order valence-electron chi connectivity index (χ1n) is 1.94. The summed E-state index contributed by atoms with van der Waals surface area (Å²) in [6.07, 6.45) is 2.52. The highest BCUT2D eigenvalue weighted by molar-refractivity contribution is 7.07. The van der Waals surface area contributed by atoms with Crippen molar-refractivity contribution in [2.75, 3.05) is 0 Å². The van der Waals surface area contributed by atoms with Gasteiger partial charge in [0.25, 0.3) is 0 Å². The van der Waals surface area contributed by atoms with E-state index in [4.69, 9.17) is 5.41 Å². The Morgan fingerprint density at radius 1 is 1.75 bits per heavy atom. The topological polar surface area (TPSA) is 62.8 Å². The molecule has 44 valence electrons. The van der Waals surface area contributed by atoms with Gasteiger partial charge in [0.15, 0.2) is 0 Å². The van der Waals surface area contributed by atoms with Crippen LogP contribution in [0.5, 0.6) is 0 Å². The van der Waals surface area contributed by atoms with Crippen LogP contribution in [0.1, 0.15) is 0 Å². The highest BCUT2D eigenvalue weighted by Crippen LogP contribution is 1.85. The Bertz CT molecular complexity index is 97.6. The third-order valence-corrected chi connectivity index (χ3v) is 0.869. The van der Waals surface area contributed by atoms with Crippen molar-refractivity contribution in [3.63, 3.8) is 0 Å². The first-order valence-corrected chi connectivity index (χ1v) is 2.89. The summed E-state index contributed by atoms with van der Waals surface area (Å²) in [6.45, 7) is 0. The summed E-state index contributed by atoms with van der Waals surface area (Å²) < 4.78 is 0. The zero-order valence-corrected chi connectivity index (χ0v) is 5.06. The second kappa shape index (κ2) is 6.10. The summed E-state index contributed by atoms with van der Waals surface area (Å²) in [7, 11) is 0. The summed E-state index contributed by atoms with van der Waals surface area (Å²) in [4.78, 5) is 3.74. The lowest BCUT2D eigenvalue weighted by Gasteiger charge is -1.41. The van der Waals surface area contributed by atoms with Crippen LogP contribution in [-0.2, 0) is 0 Å². The minimum atomic E-state index is 0.750. The fourth-order valence-electron chi connectivity index (χ4n) is 0.176. The molecule has 0 saturated heterocycles. The van der Waals surface area contributed by atoms with Crippen LogP contribution in [0.4, 0.5) is 0 Å². The van der Waals surface area contributed by atoms with Gasteiger partial charge in [-0.05, 0) is 0 Å². The summed E-state index contributed by atoms with van der Waals surface area (Å²) in [5.74, 6) is 0. The first-order chi connectivity index (χ1) is 3.91. The number of rotatable bonds is 0. The van der Waals surface area contributed by atoms with Crippen molar-refractivity contribution in [2.24, 2.45) is 5.73 Å². The lowest BCUT2D eigenvalue weighted by Crippen LogP contribution is -1.81. The smallest absolute Gasteiger partial charge is 0.0791 e. The van der Waals surface area contributed by atoms with E-state index in [0.717, 1.165) is 6.34 Å². The van der Waals surface area contributed by atoms with Gasteiger partial charge in [0, 0.05) is 11.6 Å². The van der Waals surface area contributed by atoms with Gasteiger partial charge < -0.3 is 5.73 Å². The molecule has 0 bridgehead atoms. The third-order valence-electron chi connectivity index (χ3n) is 0.347. The fraction of sp³-hybridized carbons (Fsp3) is 0. The van der Waals surface area contributed by atoms with Gasteiger partial charge in [0.05, 0.1) is 11.8 Å². The summed E-state index contributed by atoms with van der Waals surface area (Å²) >= 11 is 1.60. The van der Waals surface area contributed by atoms with Crippen molar-refractivity contribution in [3.05, 3.63) is 17.1 Å². The van der Waals surface area contributed by atoms with Crippen molar-refractivity contribution in [2.45, 2.75) is 0 Å². The summed E-state index contributed by atoms with van der Waals surface area (Å²) in [5.41, 5.74) is 6.18. The monoisotopic (exact) mass is 129 g/mol. The van der Waals surface area contributed by atoms with E-state index in [1.54, 1.807) is 23.0 Å². The molecule has 1 heterocycles. The maximum absolute atomic E-state index is 5.86. The number of hydrogen-bond donors (Lipinski definition) is 2. The highest BCUT2D eigenvalue weighted by Gasteiger charge is 1.59. The molecule has 0 aromatic carbocycles. The van der Waals surface area contributed by atoms with E-state index in [2.05, 4.69) is 10.7 Å². The molecule has 3 nitrogen and oxygen atoms in total. The maximum Gasteiger partial charge on any atom is 0.0791 e. The molecule has 0 amide bonds. The highest BCUT2D eigenvalue weighted by atomic mass is 32.1. The zero-order valence-electron chi connectivity index (χ0n) is 4.24. The van der Waals surface area contributed by atoms with Gasteiger partial charge in [0.2, 0.25) is 0 Å². The van der Waals surface area contributed by atoms with Crippen LogP contribution >= 0.6 is 11.3 Å². The van der Waals surface area contributed by atoms with Gasteiger partial charge in [-0.2, -0.15) is 0 Å². The van der Waals surface area contributed by atoms with Crippen LogP contribution in [0.2, 0.25) is 0 Å². The molecule has 0 aliphatic carbocycles. The molecule has 0 aliphatic heterocycles. The molecule has 4 heteroatoms. The van der Waals surface area contributed by atoms with E-state index in [9.17, 15) is 0 Å². The molecule has 8 heavy (non-hydrogen) atoms. The molecule has 0 radical (unpaired) electrons. The first kappa shape index (κ1) is 7.10. The van der Waals surface area contributed by atoms with E-state index in [-0.39, 0.29) is 0 Å². The molecule has 1 aromatic heterocycles. The van der Waals surface area contributed by atoms with Gasteiger partial charge in [0.1, 0.15) is 0 Å². The largest absolute Gasteiger partial charge is 0.390 e. The van der Waals surface area contributed by atoms with Crippen molar-refractivity contribution >= 4 is 17.7 Å². The average Bonchev–Trinajstić information content (AvgIpc) is 2.17. The lowest BCUT2D eigenvalue weighted by atomic mass is 11.0. The third kappa shape index (κ3) is 5.10. The van der Waals surface area contributed by atoms with Crippen LogP contribution in [0.3, 0.4) is 0 Å². The predicted molar refractivity (Wildman–Crippen MR) is 35.1 cm³/mol. The van der Waals surface area contributed by atoms with E-state index in [1.807, 2.05) is 5.38 Å². The number of thiazole rings is 1. The van der Waals surface area contributed by atoms with Crippen LogP contribution in [0, 0.1) is 5.41 Å². The Balaban J connectivity index is 0.000000145. The van der Waals surface area contributed by atoms with Crippen LogP contribution in [0.25, 0.3) is 0 Å². The van der Waals surface area contributed by atoms with Gasteiger partial charge in [-0.1, -0.05) is 0 Å². The van der Waals surface area contributed by atoms with Crippen molar-refractivity contribution in [1.29, 1.82) is 5.41 Å². The maximum atomic E-state index is 5.86. The predicted octanol–water partition coefficient (Wildman–Crippen LogP) is 0.695. The van der Waals surface area contributed by atoms with Crippen LogP contribution in [0.15, 0.2) is 17.1 Å². The van der Waals surface area contributed by atoms with Gasteiger partial charge in [-0.3, -0.25) is 10.4 Å². The van der Waals surface area contributed by atoms with E-state index >= 15 is 0 Å². The SMILES string of the molecule is N=CN.c1cscn1. The molecule has 0 fully saturated rings. The van der Waals surface area contributed by atoms with Gasteiger partial charge in [-0.25, -0.2) is 0 Å². The average molecular weight is 129 g/mol. The Hall–Kier alpha value is -0.900. The molecule has 0 saturated carbocycles. The minimum Gasteiger partial charge on any atom is -0.390 e.